The summed E-state index contributed by atoms with van der Waals surface area (Å²) in [6, 6.07) is 1.81. The predicted molar refractivity (Wildman–Crippen MR) is 58.9 cm³/mol. The minimum absolute atomic E-state index is 0.0982. The van der Waals surface area contributed by atoms with E-state index in [1.807, 2.05) is 7.05 Å². The summed E-state index contributed by atoms with van der Waals surface area (Å²) in [6.07, 6.45) is 1.81. The highest BCUT2D eigenvalue weighted by molar-refractivity contribution is 5.65. The zero-order valence-electron chi connectivity index (χ0n) is 9.93. The molecule has 0 saturated carbocycles. The molecule has 0 bridgehead atoms. The van der Waals surface area contributed by atoms with Crippen LogP contribution in [-0.4, -0.2) is 20.7 Å². The summed E-state index contributed by atoms with van der Waals surface area (Å²) >= 11 is 0. The quantitative estimate of drug-likeness (QED) is 0.753. The Morgan fingerprint density at radius 3 is 2.94 bits per heavy atom. The SMILES string of the molecule is CC(=O)OCc1oc(-c2ccn(C)n2)nc1C. The Labute approximate surface area is 98.2 Å². The number of aromatic nitrogens is 3. The smallest absolute Gasteiger partial charge is 0.303 e. The zero-order chi connectivity index (χ0) is 12.4. The Morgan fingerprint density at radius 1 is 1.59 bits per heavy atom. The van der Waals surface area contributed by atoms with Crippen molar-refractivity contribution in [2.45, 2.75) is 20.5 Å². The topological polar surface area (TPSA) is 70.2 Å². The lowest BCUT2D eigenvalue weighted by Crippen LogP contribution is -1.98. The number of ether oxygens (including phenoxy) is 1. The monoisotopic (exact) mass is 235 g/mol. The third kappa shape index (κ3) is 2.52. The van der Waals surface area contributed by atoms with Crippen LogP contribution in [-0.2, 0) is 23.2 Å². The molecule has 0 N–H and O–H groups in total. The second kappa shape index (κ2) is 4.40. The van der Waals surface area contributed by atoms with E-state index in [0.29, 0.717) is 23.0 Å². The molecular formula is C11H13N3O3. The molecule has 2 aromatic heterocycles. The van der Waals surface area contributed by atoms with Crippen LogP contribution in [0.3, 0.4) is 0 Å². The van der Waals surface area contributed by atoms with E-state index in [1.54, 1.807) is 23.9 Å². The summed E-state index contributed by atoms with van der Waals surface area (Å²) in [6.45, 7) is 3.25. The summed E-state index contributed by atoms with van der Waals surface area (Å²) in [5.41, 5.74) is 1.36. The molecule has 0 radical (unpaired) electrons. The molecule has 0 aliphatic heterocycles. The fourth-order valence-corrected chi connectivity index (χ4v) is 1.37. The minimum atomic E-state index is -0.347. The van der Waals surface area contributed by atoms with Crippen molar-refractivity contribution in [3.05, 3.63) is 23.7 Å². The molecule has 0 unspecified atom stereocenters. The van der Waals surface area contributed by atoms with Crippen molar-refractivity contribution in [1.82, 2.24) is 14.8 Å². The first-order valence-corrected chi connectivity index (χ1v) is 5.16. The summed E-state index contributed by atoms with van der Waals surface area (Å²) in [4.78, 5) is 14.9. The molecule has 90 valence electrons. The maximum Gasteiger partial charge on any atom is 0.303 e. The average molecular weight is 235 g/mol. The Bertz CT molecular complexity index is 542. The number of oxazole rings is 1. The summed E-state index contributed by atoms with van der Waals surface area (Å²) in [7, 11) is 1.82. The molecule has 6 heteroatoms. The first-order chi connectivity index (χ1) is 8.06. The maximum absolute atomic E-state index is 10.7. The third-order valence-electron chi connectivity index (χ3n) is 2.23. The molecule has 6 nitrogen and oxygen atoms in total. The average Bonchev–Trinajstić information content (AvgIpc) is 2.82. The highest BCUT2D eigenvalue weighted by atomic mass is 16.5. The van der Waals surface area contributed by atoms with Gasteiger partial charge in [-0.05, 0) is 13.0 Å². The van der Waals surface area contributed by atoms with Gasteiger partial charge in [-0.15, -0.1) is 0 Å². The lowest BCUT2D eigenvalue weighted by Gasteiger charge is -1.97. The molecule has 0 fully saturated rings. The lowest BCUT2D eigenvalue weighted by atomic mass is 10.4. The summed E-state index contributed by atoms with van der Waals surface area (Å²) in [5.74, 6) is 0.631. The van der Waals surface area contributed by atoms with Gasteiger partial charge < -0.3 is 9.15 Å². The van der Waals surface area contributed by atoms with Gasteiger partial charge in [0.05, 0.1) is 5.69 Å². The van der Waals surface area contributed by atoms with Gasteiger partial charge >= 0.3 is 5.97 Å². The number of carbonyl (C=O) groups excluding carboxylic acids is 1. The maximum atomic E-state index is 10.7. The van der Waals surface area contributed by atoms with Gasteiger partial charge in [0, 0.05) is 20.2 Å². The predicted octanol–water partition coefficient (Wildman–Crippen LogP) is 1.45. The molecule has 0 saturated heterocycles. The van der Waals surface area contributed by atoms with Crippen LogP contribution in [0.25, 0.3) is 11.6 Å². The molecule has 0 atom stereocenters. The van der Waals surface area contributed by atoms with Crippen molar-refractivity contribution in [3.63, 3.8) is 0 Å². The molecule has 0 amide bonds. The standard InChI is InChI=1S/C11H13N3O3/c1-7-10(6-16-8(2)15)17-11(12-7)9-4-5-14(3)13-9/h4-5H,6H2,1-3H3. The molecule has 0 aromatic carbocycles. The Kier molecular flexibility index (Phi) is 2.95. The molecule has 2 aromatic rings. The Balaban J connectivity index is 2.21. The summed E-state index contributed by atoms with van der Waals surface area (Å²) < 4.78 is 12.0. The van der Waals surface area contributed by atoms with Gasteiger partial charge in [-0.1, -0.05) is 0 Å². The van der Waals surface area contributed by atoms with E-state index in [1.165, 1.54) is 6.92 Å². The molecular weight excluding hydrogens is 222 g/mol. The first kappa shape index (κ1) is 11.4. The number of hydrogen-bond donors (Lipinski definition) is 0. The molecule has 2 rings (SSSR count). The van der Waals surface area contributed by atoms with Crippen LogP contribution in [0.5, 0.6) is 0 Å². The van der Waals surface area contributed by atoms with Gasteiger partial charge in [0.15, 0.2) is 12.4 Å². The van der Waals surface area contributed by atoms with Gasteiger partial charge in [0.25, 0.3) is 0 Å². The largest absolute Gasteiger partial charge is 0.458 e. The van der Waals surface area contributed by atoms with Crippen molar-refractivity contribution in [3.8, 4) is 11.6 Å². The van der Waals surface area contributed by atoms with Crippen LogP contribution < -0.4 is 0 Å². The van der Waals surface area contributed by atoms with E-state index < -0.39 is 0 Å². The van der Waals surface area contributed by atoms with Crippen molar-refractivity contribution >= 4 is 5.97 Å². The lowest BCUT2D eigenvalue weighted by molar-refractivity contribution is -0.142. The van der Waals surface area contributed by atoms with E-state index >= 15 is 0 Å². The zero-order valence-corrected chi connectivity index (χ0v) is 9.93. The van der Waals surface area contributed by atoms with Gasteiger partial charge in [0.1, 0.15) is 5.69 Å². The van der Waals surface area contributed by atoms with Crippen molar-refractivity contribution in [1.29, 1.82) is 0 Å². The van der Waals surface area contributed by atoms with Crippen LogP contribution in [0, 0.1) is 6.92 Å². The van der Waals surface area contributed by atoms with Crippen LogP contribution in [0.15, 0.2) is 16.7 Å². The number of hydrogen-bond acceptors (Lipinski definition) is 5. The fraction of sp³-hybridized carbons (Fsp3) is 0.364. The highest BCUT2D eigenvalue weighted by Crippen LogP contribution is 2.20. The summed E-state index contributed by atoms with van der Waals surface area (Å²) in [5, 5.41) is 4.18. The second-order valence-corrected chi connectivity index (χ2v) is 3.68. The van der Waals surface area contributed by atoms with E-state index in [4.69, 9.17) is 9.15 Å². The van der Waals surface area contributed by atoms with Gasteiger partial charge in [0.2, 0.25) is 5.89 Å². The molecule has 17 heavy (non-hydrogen) atoms. The second-order valence-electron chi connectivity index (χ2n) is 3.68. The Morgan fingerprint density at radius 2 is 2.35 bits per heavy atom. The van der Waals surface area contributed by atoms with E-state index in [-0.39, 0.29) is 12.6 Å². The minimum Gasteiger partial charge on any atom is -0.458 e. The number of rotatable bonds is 3. The third-order valence-corrected chi connectivity index (χ3v) is 2.23. The van der Waals surface area contributed by atoms with Crippen LogP contribution >= 0.6 is 0 Å². The van der Waals surface area contributed by atoms with E-state index in [9.17, 15) is 4.79 Å². The van der Waals surface area contributed by atoms with Crippen LogP contribution in [0.2, 0.25) is 0 Å². The molecule has 2 heterocycles. The van der Waals surface area contributed by atoms with Crippen molar-refractivity contribution in [2.75, 3.05) is 0 Å². The van der Waals surface area contributed by atoms with Gasteiger partial charge in [-0.2, -0.15) is 5.10 Å². The van der Waals surface area contributed by atoms with Gasteiger partial charge in [-0.3, -0.25) is 9.48 Å². The normalized spacial score (nSPS) is 10.5. The number of nitrogens with zero attached hydrogens (tertiary/aromatic N) is 3. The first-order valence-electron chi connectivity index (χ1n) is 5.16. The van der Waals surface area contributed by atoms with Crippen molar-refractivity contribution < 1.29 is 13.9 Å². The highest BCUT2D eigenvalue weighted by Gasteiger charge is 2.14. The van der Waals surface area contributed by atoms with Crippen molar-refractivity contribution in [2.24, 2.45) is 7.05 Å². The number of aryl methyl sites for hydroxylation is 2. The van der Waals surface area contributed by atoms with Gasteiger partial charge in [-0.25, -0.2) is 4.98 Å². The van der Waals surface area contributed by atoms with E-state index in [0.717, 1.165) is 0 Å². The number of carbonyl (C=O) groups is 1. The Hall–Kier alpha value is -2.11. The fourth-order valence-electron chi connectivity index (χ4n) is 1.37. The van der Waals surface area contributed by atoms with E-state index in [2.05, 4.69) is 10.1 Å². The van der Waals surface area contributed by atoms with Crippen LogP contribution in [0.4, 0.5) is 0 Å². The number of esters is 1. The molecule has 0 aliphatic rings. The molecule has 0 aliphatic carbocycles. The van der Waals surface area contributed by atoms with Crippen LogP contribution in [0.1, 0.15) is 18.4 Å². The molecule has 0 spiro atoms.